The Bertz CT molecular complexity index is 453. The van der Waals surface area contributed by atoms with E-state index in [1.807, 2.05) is 0 Å². The molecular formula is C13H16ClNO2S. The van der Waals surface area contributed by atoms with E-state index in [2.05, 4.69) is 11.6 Å². The molecule has 2 N–H and O–H groups in total. The summed E-state index contributed by atoms with van der Waals surface area (Å²) in [7, 11) is 0. The summed E-state index contributed by atoms with van der Waals surface area (Å²) in [5.41, 5.74) is 0.490. The normalized spacial score (nSPS) is 23.0. The summed E-state index contributed by atoms with van der Waals surface area (Å²) in [6, 6.07) is 4.76. The van der Waals surface area contributed by atoms with Crippen LogP contribution in [0.3, 0.4) is 0 Å². The molecule has 3 nitrogen and oxygen atoms in total. The minimum Gasteiger partial charge on any atom is -0.506 e. The van der Waals surface area contributed by atoms with Gasteiger partial charge in [-0.05, 0) is 37.3 Å². The van der Waals surface area contributed by atoms with Crippen LogP contribution in [0.25, 0.3) is 0 Å². The fourth-order valence-corrected chi connectivity index (χ4v) is 3.39. The van der Waals surface area contributed by atoms with Gasteiger partial charge in [0.05, 0.1) is 5.02 Å². The van der Waals surface area contributed by atoms with Crippen molar-refractivity contribution in [2.75, 3.05) is 6.26 Å². The second-order valence-corrected chi connectivity index (χ2v) is 5.94. The molecule has 2 rings (SSSR count). The van der Waals surface area contributed by atoms with Crippen LogP contribution in [-0.4, -0.2) is 28.6 Å². The van der Waals surface area contributed by atoms with Crippen LogP contribution >= 0.6 is 23.4 Å². The van der Waals surface area contributed by atoms with E-state index in [1.54, 1.807) is 17.8 Å². The molecular weight excluding hydrogens is 270 g/mol. The Kier molecular flexibility index (Phi) is 4.40. The predicted octanol–water partition coefficient (Wildman–Crippen LogP) is 3.06. The molecule has 1 aliphatic rings. The Morgan fingerprint density at radius 3 is 2.94 bits per heavy atom. The highest BCUT2D eigenvalue weighted by molar-refractivity contribution is 7.99. The second-order valence-electron chi connectivity index (χ2n) is 4.45. The number of phenols is 1. The van der Waals surface area contributed by atoms with Crippen LogP contribution in [0.2, 0.25) is 5.02 Å². The summed E-state index contributed by atoms with van der Waals surface area (Å²) in [5.74, 6) is -0.126. The molecule has 2 atom stereocenters. The van der Waals surface area contributed by atoms with Crippen molar-refractivity contribution in [1.29, 1.82) is 0 Å². The van der Waals surface area contributed by atoms with Gasteiger partial charge in [-0.2, -0.15) is 11.8 Å². The second kappa shape index (κ2) is 5.85. The molecule has 1 amide bonds. The Morgan fingerprint density at radius 2 is 2.28 bits per heavy atom. The van der Waals surface area contributed by atoms with Crippen molar-refractivity contribution >= 4 is 29.3 Å². The predicted molar refractivity (Wildman–Crippen MR) is 75.5 cm³/mol. The topological polar surface area (TPSA) is 49.3 Å². The first-order chi connectivity index (χ1) is 8.61. The fraction of sp³-hybridized carbons (Fsp3) is 0.462. The Morgan fingerprint density at radius 1 is 1.50 bits per heavy atom. The van der Waals surface area contributed by atoms with Crippen LogP contribution in [0, 0.1) is 0 Å². The molecule has 5 heteroatoms. The number of halogens is 1. The molecule has 1 fully saturated rings. The van der Waals surface area contributed by atoms with Gasteiger partial charge in [0.2, 0.25) is 0 Å². The molecule has 0 spiro atoms. The highest BCUT2D eigenvalue weighted by Gasteiger charge is 2.28. The maximum Gasteiger partial charge on any atom is 0.251 e. The van der Waals surface area contributed by atoms with Gasteiger partial charge in [-0.15, -0.1) is 0 Å². The number of amides is 1. The van der Waals surface area contributed by atoms with E-state index in [9.17, 15) is 9.90 Å². The molecule has 2 unspecified atom stereocenters. The standard InChI is InChI=1S/C13H16ClNO2S/c1-18-12-4-2-3-10(12)15-13(17)8-5-6-11(16)9(14)7-8/h5-7,10,12,16H,2-4H2,1H3,(H,15,17). The first-order valence-electron chi connectivity index (χ1n) is 5.94. The van der Waals surface area contributed by atoms with Crippen molar-refractivity contribution in [2.24, 2.45) is 0 Å². The number of nitrogens with one attached hydrogen (secondary N) is 1. The first kappa shape index (κ1) is 13.6. The Balaban J connectivity index is 2.05. The molecule has 0 radical (unpaired) electrons. The van der Waals surface area contributed by atoms with Crippen molar-refractivity contribution in [3.63, 3.8) is 0 Å². The molecule has 0 heterocycles. The van der Waals surface area contributed by atoms with Crippen molar-refractivity contribution in [1.82, 2.24) is 5.32 Å². The van der Waals surface area contributed by atoms with Crippen molar-refractivity contribution in [3.8, 4) is 5.75 Å². The van der Waals surface area contributed by atoms with E-state index >= 15 is 0 Å². The number of benzene rings is 1. The zero-order valence-electron chi connectivity index (χ0n) is 10.1. The van der Waals surface area contributed by atoms with Crippen LogP contribution in [0.4, 0.5) is 0 Å². The van der Waals surface area contributed by atoms with Gasteiger partial charge in [-0.25, -0.2) is 0 Å². The summed E-state index contributed by atoms with van der Waals surface area (Å²) < 4.78 is 0. The van der Waals surface area contributed by atoms with E-state index in [0.717, 1.165) is 19.3 Å². The SMILES string of the molecule is CSC1CCCC1NC(=O)c1ccc(O)c(Cl)c1. The fourth-order valence-electron chi connectivity index (χ4n) is 2.27. The van der Waals surface area contributed by atoms with Gasteiger partial charge in [0.25, 0.3) is 5.91 Å². The lowest BCUT2D eigenvalue weighted by Gasteiger charge is -2.19. The van der Waals surface area contributed by atoms with Crippen molar-refractivity contribution < 1.29 is 9.90 Å². The minimum atomic E-state index is -0.122. The maximum absolute atomic E-state index is 12.1. The van der Waals surface area contributed by atoms with E-state index in [1.165, 1.54) is 12.1 Å². The Hall–Kier alpha value is -0.870. The summed E-state index contributed by atoms with van der Waals surface area (Å²) in [4.78, 5) is 12.1. The summed E-state index contributed by atoms with van der Waals surface area (Å²) in [6.07, 6.45) is 5.42. The minimum absolute atomic E-state index is 0.00364. The molecule has 1 aromatic carbocycles. The molecule has 18 heavy (non-hydrogen) atoms. The highest BCUT2D eigenvalue weighted by Crippen LogP contribution is 2.29. The third-order valence-electron chi connectivity index (χ3n) is 3.28. The van der Waals surface area contributed by atoms with Crippen LogP contribution in [0.15, 0.2) is 18.2 Å². The molecule has 98 valence electrons. The number of carbonyl (C=O) groups is 1. The van der Waals surface area contributed by atoms with Gasteiger partial charge in [-0.1, -0.05) is 18.0 Å². The van der Waals surface area contributed by atoms with Crippen molar-refractivity contribution in [2.45, 2.75) is 30.6 Å². The van der Waals surface area contributed by atoms with Gasteiger partial charge in [0.1, 0.15) is 5.75 Å². The molecule has 0 bridgehead atoms. The largest absolute Gasteiger partial charge is 0.506 e. The van der Waals surface area contributed by atoms with Gasteiger partial charge in [-0.3, -0.25) is 4.79 Å². The van der Waals surface area contributed by atoms with Gasteiger partial charge in [0.15, 0.2) is 0 Å². The van der Waals surface area contributed by atoms with E-state index in [0.29, 0.717) is 10.8 Å². The van der Waals surface area contributed by atoms with E-state index in [-0.39, 0.29) is 22.7 Å². The quantitative estimate of drug-likeness (QED) is 0.897. The van der Waals surface area contributed by atoms with E-state index in [4.69, 9.17) is 11.6 Å². The average Bonchev–Trinajstić information content (AvgIpc) is 2.79. The molecule has 0 saturated heterocycles. The summed E-state index contributed by atoms with van der Waals surface area (Å²) in [6.45, 7) is 0. The van der Waals surface area contributed by atoms with Crippen molar-refractivity contribution in [3.05, 3.63) is 28.8 Å². The number of hydrogen-bond donors (Lipinski definition) is 2. The molecule has 1 aromatic rings. The number of hydrogen-bond acceptors (Lipinski definition) is 3. The smallest absolute Gasteiger partial charge is 0.251 e. The lowest BCUT2D eigenvalue weighted by Crippen LogP contribution is -2.38. The van der Waals surface area contributed by atoms with Crippen LogP contribution < -0.4 is 5.32 Å². The number of carbonyl (C=O) groups excluding carboxylic acids is 1. The van der Waals surface area contributed by atoms with Crippen LogP contribution in [0.5, 0.6) is 5.75 Å². The molecule has 1 saturated carbocycles. The van der Waals surface area contributed by atoms with Gasteiger partial charge < -0.3 is 10.4 Å². The lowest BCUT2D eigenvalue weighted by molar-refractivity contribution is 0.0938. The first-order valence-corrected chi connectivity index (χ1v) is 7.60. The number of thioether (sulfide) groups is 1. The maximum atomic E-state index is 12.1. The van der Waals surface area contributed by atoms with Crippen LogP contribution in [-0.2, 0) is 0 Å². The molecule has 0 aliphatic heterocycles. The highest BCUT2D eigenvalue weighted by atomic mass is 35.5. The monoisotopic (exact) mass is 285 g/mol. The Labute approximate surface area is 116 Å². The number of aromatic hydroxyl groups is 1. The third kappa shape index (κ3) is 2.93. The molecule has 1 aliphatic carbocycles. The number of rotatable bonds is 3. The zero-order valence-corrected chi connectivity index (χ0v) is 11.7. The summed E-state index contributed by atoms with van der Waals surface area (Å²) in [5, 5.41) is 13.1. The zero-order chi connectivity index (χ0) is 13.1. The lowest BCUT2D eigenvalue weighted by atomic mass is 10.1. The third-order valence-corrected chi connectivity index (χ3v) is 4.75. The van der Waals surface area contributed by atoms with Gasteiger partial charge >= 0.3 is 0 Å². The van der Waals surface area contributed by atoms with E-state index < -0.39 is 0 Å². The average molecular weight is 286 g/mol. The van der Waals surface area contributed by atoms with Crippen LogP contribution in [0.1, 0.15) is 29.6 Å². The molecule has 0 aromatic heterocycles. The number of phenolic OH excluding ortho intramolecular Hbond substituents is 1. The van der Waals surface area contributed by atoms with Gasteiger partial charge in [0, 0.05) is 16.9 Å². The summed E-state index contributed by atoms with van der Waals surface area (Å²) >= 11 is 7.60.